The van der Waals surface area contributed by atoms with Gasteiger partial charge in [0.2, 0.25) is 0 Å². The van der Waals surface area contributed by atoms with Gasteiger partial charge in [0.05, 0.1) is 17.1 Å². The molecule has 0 aliphatic heterocycles. The summed E-state index contributed by atoms with van der Waals surface area (Å²) in [5.41, 5.74) is 2.94. The molecule has 178 valence electrons. The zero-order chi connectivity index (χ0) is 24.9. The number of para-hydroxylation sites is 1. The molecular formula is C27H25BrN4O3. The summed E-state index contributed by atoms with van der Waals surface area (Å²) in [5, 5.41) is 7.77. The number of benzene rings is 3. The number of rotatable bonds is 7. The summed E-state index contributed by atoms with van der Waals surface area (Å²) in [6.45, 7) is 5.77. The van der Waals surface area contributed by atoms with Gasteiger partial charge in [-0.05, 0) is 66.6 Å². The molecule has 35 heavy (non-hydrogen) atoms. The van der Waals surface area contributed by atoms with E-state index in [2.05, 4.69) is 31.3 Å². The van der Waals surface area contributed by atoms with Crippen LogP contribution < -0.4 is 15.6 Å². The summed E-state index contributed by atoms with van der Waals surface area (Å²) in [6.07, 6.45) is 1.60. The van der Waals surface area contributed by atoms with Crippen LogP contribution in [-0.4, -0.2) is 28.4 Å². The number of aromatic nitrogens is 2. The second-order valence-electron chi connectivity index (χ2n) is 8.37. The minimum Gasteiger partial charge on any atom is -0.484 e. The van der Waals surface area contributed by atoms with Gasteiger partial charge in [0, 0.05) is 16.1 Å². The number of halogens is 1. The predicted molar refractivity (Wildman–Crippen MR) is 143 cm³/mol. The first-order valence-electron chi connectivity index (χ1n) is 11.2. The van der Waals surface area contributed by atoms with Gasteiger partial charge in [0.15, 0.2) is 6.61 Å². The highest BCUT2D eigenvalue weighted by Crippen LogP contribution is 2.19. The van der Waals surface area contributed by atoms with Gasteiger partial charge < -0.3 is 10.1 Å². The van der Waals surface area contributed by atoms with E-state index in [0.29, 0.717) is 22.5 Å². The summed E-state index contributed by atoms with van der Waals surface area (Å²) in [4.78, 5) is 30.0. The second kappa shape index (κ2) is 10.7. The van der Waals surface area contributed by atoms with Gasteiger partial charge in [-0.3, -0.25) is 9.59 Å². The third-order valence-electron chi connectivity index (χ3n) is 5.34. The molecule has 1 N–H and O–H groups in total. The van der Waals surface area contributed by atoms with Crippen LogP contribution in [0.2, 0.25) is 0 Å². The first kappa shape index (κ1) is 24.3. The fourth-order valence-corrected chi connectivity index (χ4v) is 3.84. The van der Waals surface area contributed by atoms with Crippen molar-refractivity contribution in [1.29, 1.82) is 0 Å². The zero-order valence-electron chi connectivity index (χ0n) is 19.7. The number of carbonyl (C=O) groups excluding carboxylic acids is 1. The SMILES string of the molecule is Cc1ccccc1NC(=O)COc1ccc(C=Nn2c(C(C)C)nc3ccc(Br)cc3c2=O)cc1. The van der Waals surface area contributed by atoms with Crippen molar-refractivity contribution in [3.05, 3.63) is 98.5 Å². The number of carbonyl (C=O) groups is 1. The Morgan fingerprint density at radius 1 is 1.14 bits per heavy atom. The molecule has 1 amide bonds. The maximum Gasteiger partial charge on any atom is 0.282 e. The number of fused-ring (bicyclic) bond motifs is 1. The lowest BCUT2D eigenvalue weighted by Gasteiger charge is -2.12. The summed E-state index contributed by atoms with van der Waals surface area (Å²) >= 11 is 3.41. The smallest absolute Gasteiger partial charge is 0.282 e. The second-order valence-corrected chi connectivity index (χ2v) is 9.28. The van der Waals surface area contributed by atoms with Crippen LogP contribution in [0.25, 0.3) is 10.9 Å². The van der Waals surface area contributed by atoms with Crippen LogP contribution in [-0.2, 0) is 4.79 Å². The predicted octanol–water partition coefficient (Wildman–Crippen LogP) is 5.49. The topological polar surface area (TPSA) is 85.6 Å². The van der Waals surface area contributed by atoms with Crippen LogP contribution in [0, 0.1) is 6.92 Å². The van der Waals surface area contributed by atoms with Crippen molar-refractivity contribution >= 4 is 44.6 Å². The lowest BCUT2D eigenvalue weighted by atomic mass is 10.2. The van der Waals surface area contributed by atoms with Crippen LogP contribution in [0.3, 0.4) is 0 Å². The Balaban J connectivity index is 1.47. The third-order valence-corrected chi connectivity index (χ3v) is 5.83. The van der Waals surface area contributed by atoms with Gasteiger partial charge in [-0.2, -0.15) is 9.78 Å². The Labute approximate surface area is 211 Å². The Kier molecular flexibility index (Phi) is 7.41. The number of nitrogens with one attached hydrogen (secondary N) is 1. The molecule has 7 nitrogen and oxygen atoms in total. The quantitative estimate of drug-likeness (QED) is 0.319. The van der Waals surface area contributed by atoms with Gasteiger partial charge >= 0.3 is 0 Å². The maximum atomic E-state index is 13.1. The molecular weight excluding hydrogens is 508 g/mol. The minimum absolute atomic E-state index is 0.00879. The van der Waals surface area contributed by atoms with Crippen LogP contribution >= 0.6 is 15.9 Å². The standard InChI is InChI=1S/C27H25BrN4O3/c1-17(2)26-31-24-13-10-20(28)14-22(24)27(34)32(26)29-15-19-8-11-21(12-9-19)35-16-25(33)30-23-7-5-4-6-18(23)3/h4-15,17H,16H2,1-3H3,(H,30,33). The van der Waals surface area contributed by atoms with Crippen molar-refractivity contribution in [3.8, 4) is 5.75 Å². The van der Waals surface area contributed by atoms with Crippen LogP contribution in [0.15, 0.2) is 81.1 Å². The number of aryl methyl sites for hydroxylation is 1. The molecule has 0 bridgehead atoms. The molecule has 0 aliphatic carbocycles. The van der Waals surface area contributed by atoms with E-state index < -0.39 is 0 Å². The van der Waals surface area contributed by atoms with Gasteiger partial charge in [0.25, 0.3) is 11.5 Å². The number of ether oxygens (including phenoxy) is 1. The lowest BCUT2D eigenvalue weighted by molar-refractivity contribution is -0.118. The Bertz CT molecular complexity index is 1460. The van der Waals surface area contributed by atoms with Crippen LogP contribution in [0.4, 0.5) is 5.69 Å². The maximum absolute atomic E-state index is 13.1. The van der Waals surface area contributed by atoms with E-state index in [1.807, 2.05) is 69.3 Å². The van der Waals surface area contributed by atoms with Crippen molar-refractivity contribution in [1.82, 2.24) is 9.66 Å². The highest BCUT2D eigenvalue weighted by atomic mass is 79.9. The monoisotopic (exact) mass is 532 g/mol. The number of nitrogens with zero attached hydrogens (tertiary/aromatic N) is 3. The largest absolute Gasteiger partial charge is 0.484 e. The number of hydrogen-bond acceptors (Lipinski definition) is 5. The van der Waals surface area contributed by atoms with Gasteiger partial charge in [0.1, 0.15) is 11.6 Å². The molecule has 0 spiro atoms. The average molecular weight is 533 g/mol. The Morgan fingerprint density at radius 2 is 1.89 bits per heavy atom. The van der Waals surface area contributed by atoms with Crippen molar-refractivity contribution in [2.24, 2.45) is 5.10 Å². The summed E-state index contributed by atoms with van der Waals surface area (Å²) in [7, 11) is 0. The van der Waals surface area contributed by atoms with Crippen LogP contribution in [0.5, 0.6) is 5.75 Å². The molecule has 1 aromatic heterocycles. The Morgan fingerprint density at radius 3 is 2.60 bits per heavy atom. The molecule has 4 aromatic rings. The normalized spacial score (nSPS) is 11.3. The van der Waals surface area contributed by atoms with Crippen molar-refractivity contribution < 1.29 is 9.53 Å². The molecule has 4 rings (SSSR count). The molecule has 0 atom stereocenters. The number of hydrogen-bond donors (Lipinski definition) is 1. The molecule has 0 aliphatic rings. The first-order chi connectivity index (χ1) is 16.8. The molecule has 1 heterocycles. The fourth-order valence-electron chi connectivity index (χ4n) is 3.47. The average Bonchev–Trinajstić information content (AvgIpc) is 2.84. The fraction of sp³-hybridized carbons (Fsp3) is 0.185. The van der Waals surface area contributed by atoms with Gasteiger partial charge in [-0.25, -0.2) is 4.98 Å². The Hall–Kier alpha value is -3.78. The van der Waals surface area contributed by atoms with E-state index in [9.17, 15) is 9.59 Å². The van der Waals surface area contributed by atoms with Crippen LogP contribution in [0.1, 0.15) is 36.7 Å². The number of amides is 1. The van der Waals surface area contributed by atoms with E-state index in [-0.39, 0.29) is 24.0 Å². The summed E-state index contributed by atoms with van der Waals surface area (Å²) in [6, 6.07) is 20.1. The van der Waals surface area contributed by atoms with Crippen molar-refractivity contribution in [2.45, 2.75) is 26.7 Å². The van der Waals surface area contributed by atoms with Gasteiger partial charge in [-0.15, -0.1) is 0 Å². The van der Waals surface area contributed by atoms with E-state index in [4.69, 9.17) is 4.74 Å². The minimum atomic E-state index is -0.235. The zero-order valence-corrected chi connectivity index (χ0v) is 21.2. The molecule has 0 saturated heterocycles. The molecule has 0 unspecified atom stereocenters. The summed E-state index contributed by atoms with van der Waals surface area (Å²) in [5.74, 6) is 0.912. The molecule has 8 heteroatoms. The third kappa shape index (κ3) is 5.84. The van der Waals surface area contributed by atoms with E-state index in [1.54, 1.807) is 24.4 Å². The molecule has 0 saturated carbocycles. The summed E-state index contributed by atoms with van der Waals surface area (Å²) < 4.78 is 7.75. The molecule has 3 aromatic carbocycles. The number of anilines is 1. The molecule has 0 fully saturated rings. The molecule has 0 radical (unpaired) electrons. The van der Waals surface area contributed by atoms with Crippen molar-refractivity contribution in [3.63, 3.8) is 0 Å². The van der Waals surface area contributed by atoms with E-state index in [0.717, 1.165) is 21.3 Å². The lowest BCUT2D eigenvalue weighted by Crippen LogP contribution is -2.23. The van der Waals surface area contributed by atoms with Gasteiger partial charge in [-0.1, -0.05) is 48.0 Å². The van der Waals surface area contributed by atoms with Crippen molar-refractivity contribution in [2.75, 3.05) is 11.9 Å². The van der Waals surface area contributed by atoms with E-state index in [1.165, 1.54) is 4.68 Å². The first-order valence-corrected chi connectivity index (χ1v) is 12.0. The highest BCUT2D eigenvalue weighted by Gasteiger charge is 2.13. The van der Waals surface area contributed by atoms with E-state index >= 15 is 0 Å². The highest BCUT2D eigenvalue weighted by molar-refractivity contribution is 9.10.